The molecule has 0 heterocycles. The van der Waals surface area contributed by atoms with Gasteiger partial charge in [-0.1, -0.05) is 121 Å². The molecule has 0 saturated carbocycles. The van der Waals surface area contributed by atoms with E-state index >= 15 is 0 Å². The van der Waals surface area contributed by atoms with Gasteiger partial charge in [-0.2, -0.15) is 0 Å². The van der Waals surface area contributed by atoms with Crippen molar-refractivity contribution in [2.24, 2.45) is 0 Å². The number of unbranched alkanes of at least 4 members (excludes halogenated alkanes) is 17. The molecule has 0 aromatic rings. The molecule has 0 aromatic carbocycles. The largest absolute Gasteiger partial charge is 0.394 e. The summed E-state index contributed by atoms with van der Waals surface area (Å²) in [6.45, 7) is 4.10. The van der Waals surface area contributed by atoms with Gasteiger partial charge in [0.1, 0.15) is 6.10 Å². The van der Waals surface area contributed by atoms with Crippen molar-refractivity contribution in [3.05, 3.63) is 36.5 Å². The Morgan fingerprint density at radius 1 is 0.571 bits per heavy atom. The van der Waals surface area contributed by atoms with Gasteiger partial charge in [-0.15, -0.1) is 0 Å². The molecule has 0 aliphatic rings. The quantitative estimate of drug-likeness (QED) is 0.0478. The van der Waals surface area contributed by atoms with Crippen LogP contribution in [0.1, 0.15) is 168 Å². The summed E-state index contributed by atoms with van der Waals surface area (Å²) in [4.78, 5) is 12.3. The second-order valence-electron chi connectivity index (χ2n) is 12.0. The Morgan fingerprint density at radius 3 is 1.50 bits per heavy atom. The molecule has 5 heteroatoms. The molecule has 5 nitrogen and oxygen atoms in total. The van der Waals surface area contributed by atoms with E-state index in [1.807, 2.05) is 0 Å². The first kappa shape index (κ1) is 40.6. The van der Waals surface area contributed by atoms with Crippen molar-refractivity contribution in [1.82, 2.24) is 5.32 Å². The highest BCUT2D eigenvalue weighted by Gasteiger charge is 2.26. The molecular weight excluding hydrogens is 522 g/mol. The van der Waals surface area contributed by atoms with E-state index < -0.39 is 18.2 Å². The Balaban J connectivity index is 3.79. The third-order valence-corrected chi connectivity index (χ3v) is 7.94. The summed E-state index contributed by atoms with van der Waals surface area (Å²) in [6, 6.07) is -0.833. The lowest BCUT2D eigenvalue weighted by Gasteiger charge is -2.26. The molecule has 0 radical (unpaired) electrons. The number of allylic oxidation sites excluding steroid dienone is 6. The SMILES string of the molecule is CCCCC/C=C/CC/C=C/CCCC(O)C(O)C(CO)NC(=O)CCCCCCC/C=C\CCCCCCCCC. The van der Waals surface area contributed by atoms with Gasteiger partial charge in [0.05, 0.1) is 18.8 Å². The Morgan fingerprint density at radius 2 is 0.976 bits per heavy atom. The van der Waals surface area contributed by atoms with Crippen LogP contribution in [0.15, 0.2) is 36.5 Å². The molecule has 0 fully saturated rings. The van der Waals surface area contributed by atoms with Gasteiger partial charge in [0.25, 0.3) is 0 Å². The van der Waals surface area contributed by atoms with E-state index in [9.17, 15) is 20.1 Å². The van der Waals surface area contributed by atoms with E-state index in [-0.39, 0.29) is 12.5 Å². The Kier molecular flexibility index (Phi) is 31.4. The lowest BCUT2D eigenvalue weighted by molar-refractivity contribution is -0.124. The molecule has 0 aromatic heterocycles. The highest BCUT2D eigenvalue weighted by molar-refractivity contribution is 5.76. The van der Waals surface area contributed by atoms with Crippen LogP contribution < -0.4 is 5.32 Å². The maximum Gasteiger partial charge on any atom is 0.220 e. The summed E-state index contributed by atoms with van der Waals surface area (Å²) in [5, 5.41) is 33.2. The first-order valence-corrected chi connectivity index (χ1v) is 17.8. The number of carbonyl (C=O) groups is 1. The average molecular weight is 592 g/mol. The first-order chi connectivity index (χ1) is 20.6. The van der Waals surface area contributed by atoms with Crippen molar-refractivity contribution in [1.29, 1.82) is 0 Å². The maximum atomic E-state index is 12.3. The fourth-order valence-corrected chi connectivity index (χ4v) is 5.11. The number of amides is 1. The highest BCUT2D eigenvalue weighted by Crippen LogP contribution is 2.12. The molecule has 0 saturated heterocycles. The Hall–Kier alpha value is -1.43. The van der Waals surface area contributed by atoms with Crippen LogP contribution in [-0.2, 0) is 4.79 Å². The van der Waals surface area contributed by atoms with Crippen LogP contribution in [0.4, 0.5) is 0 Å². The molecule has 1 amide bonds. The van der Waals surface area contributed by atoms with E-state index in [4.69, 9.17) is 0 Å². The zero-order valence-corrected chi connectivity index (χ0v) is 27.6. The average Bonchev–Trinajstić information content (AvgIpc) is 2.99. The number of hydrogen-bond acceptors (Lipinski definition) is 4. The maximum absolute atomic E-state index is 12.3. The van der Waals surface area contributed by atoms with Gasteiger partial charge in [0.2, 0.25) is 5.91 Å². The molecule has 0 aliphatic heterocycles. The van der Waals surface area contributed by atoms with E-state index in [2.05, 4.69) is 55.6 Å². The minimum absolute atomic E-state index is 0.170. The van der Waals surface area contributed by atoms with Crippen LogP contribution >= 0.6 is 0 Å². The summed E-state index contributed by atoms with van der Waals surface area (Å²) >= 11 is 0. The molecule has 3 unspecified atom stereocenters. The van der Waals surface area contributed by atoms with Gasteiger partial charge in [-0.3, -0.25) is 4.79 Å². The molecule has 0 bridgehead atoms. The summed E-state index contributed by atoms with van der Waals surface area (Å²) in [5.74, 6) is -0.170. The minimum Gasteiger partial charge on any atom is -0.394 e. The van der Waals surface area contributed by atoms with Crippen molar-refractivity contribution in [3.8, 4) is 0 Å². The van der Waals surface area contributed by atoms with Crippen molar-refractivity contribution in [2.45, 2.75) is 186 Å². The third-order valence-electron chi connectivity index (χ3n) is 7.94. The lowest BCUT2D eigenvalue weighted by Crippen LogP contribution is -2.50. The fraction of sp³-hybridized carbons (Fsp3) is 0.811. The number of carbonyl (C=O) groups excluding carboxylic acids is 1. The second-order valence-corrected chi connectivity index (χ2v) is 12.0. The van der Waals surface area contributed by atoms with Crippen molar-refractivity contribution in [3.63, 3.8) is 0 Å². The molecule has 0 rings (SSSR count). The van der Waals surface area contributed by atoms with Gasteiger partial charge in [0.15, 0.2) is 0 Å². The number of nitrogens with one attached hydrogen (secondary N) is 1. The molecular formula is C37H69NO4. The topological polar surface area (TPSA) is 89.8 Å². The molecule has 0 spiro atoms. The molecule has 4 N–H and O–H groups in total. The van der Waals surface area contributed by atoms with Crippen molar-refractivity contribution in [2.75, 3.05) is 6.61 Å². The summed E-state index contributed by atoms with van der Waals surface area (Å²) < 4.78 is 0. The monoisotopic (exact) mass is 592 g/mol. The standard InChI is InChI=1S/C37H69NO4/c1-3-5-7-9-11-13-15-17-18-19-20-22-24-26-28-30-32-36(41)38-34(33-39)37(42)35(40)31-29-27-25-23-21-16-14-12-10-8-6-4-2/h12,14,18-19,23,25,34-35,37,39-40,42H,3-11,13,15-17,20-22,24,26-33H2,1-2H3,(H,38,41)/b14-12+,19-18-,25-23+. The van der Waals surface area contributed by atoms with Crippen molar-refractivity contribution >= 4 is 5.91 Å². The molecule has 0 aliphatic carbocycles. The fourth-order valence-electron chi connectivity index (χ4n) is 5.11. The lowest BCUT2D eigenvalue weighted by atomic mass is 10.0. The van der Waals surface area contributed by atoms with Crippen LogP contribution in [0, 0.1) is 0 Å². The van der Waals surface area contributed by atoms with Gasteiger partial charge >= 0.3 is 0 Å². The molecule has 246 valence electrons. The number of rotatable bonds is 31. The van der Waals surface area contributed by atoms with E-state index in [1.165, 1.54) is 89.9 Å². The zero-order valence-electron chi connectivity index (χ0n) is 27.6. The van der Waals surface area contributed by atoms with Crippen LogP contribution in [0.5, 0.6) is 0 Å². The van der Waals surface area contributed by atoms with Gasteiger partial charge in [-0.05, 0) is 77.0 Å². The Labute approximate surface area is 260 Å². The van der Waals surface area contributed by atoms with Crippen LogP contribution in [0.2, 0.25) is 0 Å². The van der Waals surface area contributed by atoms with Crippen molar-refractivity contribution < 1.29 is 20.1 Å². The normalized spacial score (nSPS) is 14.3. The molecule has 42 heavy (non-hydrogen) atoms. The van der Waals surface area contributed by atoms with Gasteiger partial charge in [0, 0.05) is 6.42 Å². The summed E-state index contributed by atoms with van der Waals surface area (Å²) in [7, 11) is 0. The van der Waals surface area contributed by atoms with Crippen LogP contribution in [-0.4, -0.2) is 46.1 Å². The van der Waals surface area contributed by atoms with E-state index in [0.29, 0.717) is 12.8 Å². The predicted octanol–water partition coefficient (Wildman–Crippen LogP) is 9.26. The minimum atomic E-state index is -1.17. The van der Waals surface area contributed by atoms with Crippen LogP contribution in [0.3, 0.4) is 0 Å². The van der Waals surface area contributed by atoms with E-state index in [0.717, 1.165) is 51.4 Å². The summed E-state index contributed by atoms with van der Waals surface area (Å²) in [6.07, 6.45) is 38.0. The third kappa shape index (κ3) is 27.4. The van der Waals surface area contributed by atoms with Crippen LogP contribution in [0.25, 0.3) is 0 Å². The molecule has 3 atom stereocenters. The summed E-state index contributed by atoms with van der Waals surface area (Å²) in [5.41, 5.74) is 0. The number of aliphatic hydroxyl groups excluding tert-OH is 3. The Bertz CT molecular complexity index is 660. The van der Waals surface area contributed by atoms with Gasteiger partial charge < -0.3 is 20.6 Å². The first-order valence-electron chi connectivity index (χ1n) is 17.8. The highest BCUT2D eigenvalue weighted by atomic mass is 16.3. The zero-order chi connectivity index (χ0) is 30.9. The number of hydrogen-bond donors (Lipinski definition) is 4. The number of aliphatic hydroxyl groups is 3. The van der Waals surface area contributed by atoms with E-state index in [1.54, 1.807) is 0 Å². The second kappa shape index (κ2) is 32.5. The smallest absolute Gasteiger partial charge is 0.220 e. The van der Waals surface area contributed by atoms with Gasteiger partial charge in [-0.25, -0.2) is 0 Å². The predicted molar refractivity (Wildman–Crippen MR) is 181 cm³/mol.